The first-order chi connectivity index (χ1) is 20.4. The molecule has 0 bridgehead atoms. The lowest BCUT2D eigenvalue weighted by Crippen LogP contribution is -2.59. The molecule has 234 valence electrons. The fourth-order valence-electron chi connectivity index (χ4n) is 5.46. The molecule has 10 nitrogen and oxygen atoms in total. The van der Waals surface area contributed by atoms with E-state index in [-0.39, 0.29) is 32.4 Å². The SMILES string of the molecule is Cc1ncsc1-c1ccc(CNC(=O)[C@@H]2C[C@@H](O)CN2C(=O)C(NC(=O)C2(F)CC2)C(C)(C)C)c(OCCC2CNC2)c1. The van der Waals surface area contributed by atoms with Crippen molar-refractivity contribution < 1.29 is 28.6 Å². The number of hydrogen-bond acceptors (Lipinski definition) is 8. The van der Waals surface area contributed by atoms with E-state index >= 15 is 0 Å². The third-order valence-corrected chi connectivity index (χ3v) is 9.50. The van der Waals surface area contributed by atoms with Crippen molar-refractivity contribution in [2.45, 2.75) is 83.8 Å². The van der Waals surface area contributed by atoms with Crippen LogP contribution in [0.4, 0.5) is 4.39 Å². The summed E-state index contributed by atoms with van der Waals surface area (Å²) in [6, 6.07) is 3.90. The van der Waals surface area contributed by atoms with Crippen LogP contribution in [0.2, 0.25) is 0 Å². The molecule has 1 aliphatic carbocycles. The largest absolute Gasteiger partial charge is 0.493 e. The van der Waals surface area contributed by atoms with Gasteiger partial charge in [-0.05, 0) is 62.2 Å². The molecule has 12 heteroatoms. The van der Waals surface area contributed by atoms with Crippen molar-refractivity contribution >= 4 is 29.1 Å². The van der Waals surface area contributed by atoms with Crippen molar-refractivity contribution in [3.63, 3.8) is 0 Å². The van der Waals surface area contributed by atoms with Gasteiger partial charge in [-0.25, -0.2) is 9.37 Å². The maximum atomic E-state index is 14.4. The number of aryl methyl sites for hydroxylation is 1. The quantitative estimate of drug-likeness (QED) is 0.306. The smallest absolute Gasteiger partial charge is 0.258 e. The van der Waals surface area contributed by atoms with E-state index in [1.54, 1.807) is 32.1 Å². The van der Waals surface area contributed by atoms with Gasteiger partial charge in [0.15, 0.2) is 5.67 Å². The first kappa shape index (κ1) is 31.3. The van der Waals surface area contributed by atoms with Gasteiger partial charge in [0.05, 0.1) is 28.8 Å². The van der Waals surface area contributed by atoms with Crippen LogP contribution in [0.5, 0.6) is 5.75 Å². The molecule has 3 atom stereocenters. The van der Waals surface area contributed by atoms with E-state index in [1.165, 1.54) is 4.90 Å². The predicted molar refractivity (Wildman–Crippen MR) is 161 cm³/mol. The number of rotatable bonds is 11. The highest BCUT2D eigenvalue weighted by molar-refractivity contribution is 7.13. The van der Waals surface area contributed by atoms with Crippen LogP contribution in [0.3, 0.4) is 0 Å². The van der Waals surface area contributed by atoms with E-state index in [0.717, 1.165) is 41.2 Å². The summed E-state index contributed by atoms with van der Waals surface area (Å²) in [5.41, 5.74) is 1.84. The van der Waals surface area contributed by atoms with Crippen LogP contribution in [0.25, 0.3) is 10.4 Å². The molecule has 3 aliphatic rings. The van der Waals surface area contributed by atoms with E-state index in [4.69, 9.17) is 4.74 Å². The lowest BCUT2D eigenvalue weighted by molar-refractivity contribution is -0.145. The van der Waals surface area contributed by atoms with E-state index in [2.05, 4.69) is 20.9 Å². The third kappa shape index (κ3) is 7.18. The van der Waals surface area contributed by atoms with Gasteiger partial charge in [-0.2, -0.15) is 0 Å². The predicted octanol–water partition coefficient (Wildman–Crippen LogP) is 2.72. The van der Waals surface area contributed by atoms with Gasteiger partial charge in [-0.15, -0.1) is 11.3 Å². The Balaban J connectivity index is 1.29. The number of aromatic nitrogens is 1. The molecule has 1 saturated carbocycles. The summed E-state index contributed by atoms with van der Waals surface area (Å²) in [7, 11) is 0. The second kappa shape index (κ2) is 12.5. The number of amides is 3. The van der Waals surface area contributed by atoms with Crippen LogP contribution >= 0.6 is 11.3 Å². The Morgan fingerprint density at radius 3 is 2.63 bits per heavy atom. The molecule has 1 aromatic heterocycles. The summed E-state index contributed by atoms with van der Waals surface area (Å²) in [5, 5.41) is 19.3. The summed E-state index contributed by atoms with van der Waals surface area (Å²) in [5.74, 6) is -0.469. The Hall–Kier alpha value is -3.09. The van der Waals surface area contributed by atoms with Gasteiger partial charge in [0.25, 0.3) is 5.91 Å². The van der Waals surface area contributed by atoms with Crippen LogP contribution in [0.1, 0.15) is 57.7 Å². The van der Waals surface area contributed by atoms with Gasteiger partial charge < -0.3 is 30.7 Å². The maximum Gasteiger partial charge on any atom is 0.258 e. The molecule has 4 N–H and O–H groups in total. The maximum absolute atomic E-state index is 14.4. The monoisotopic (exact) mass is 615 g/mol. The minimum atomic E-state index is -1.94. The summed E-state index contributed by atoms with van der Waals surface area (Å²) in [6.07, 6.45) is 0.359. The zero-order valence-electron chi connectivity index (χ0n) is 25.2. The number of carbonyl (C=O) groups is 3. The number of carbonyl (C=O) groups excluding carboxylic acids is 3. The number of benzene rings is 1. The van der Waals surface area contributed by atoms with Gasteiger partial charge in [0, 0.05) is 25.1 Å². The molecule has 3 amide bonds. The van der Waals surface area contributed by atoms with Crippen molar-refractivity contribution in [2.75, 3.05) is 26.2 Å². The highest BCUT2D eigenvalue weighted by atomic mass is 32.1. The molecule has 2 aromatic rings. The average molecular weight is 616 g/mol. The van der Waals surface area contributed by atoms with Crippen LogP contribution in [0, 0.1) is 18.3 Å². The molecule has 3 fully saturated rings. The molecule has 5 rings (SSSR count). The highest BCUT2D eigenvalue weighted by Crippen LogP contribution is 2.40. The number of β-amino-alcohol motifs (C(OH)–C–C–N with tert-alkyl or cyclic N) is 1. The fourth-order valence-corrected chi connectivity index (χ4v) is 6.26. The van der Waals surface area contributed by atoms with Crippen LogP contribution < -0.4 is 20.7 Å². The average Bonchev–Trinajstić information content (AvgIpc) is 3.34. The molecular weight excluding hydrogens is 573 g/mol. The number of thiazole rings is 1. The minimum Gasteiger partial charge on any atom is -0.493 e. The topological polar surface area (TPSA) is 133 Å². The number of halogens is 1. The molecular formula is C31H42FN5O5S. The van der Waals surface area contributed by atoms with Crippen LogP contribution in [0.15, 0.2) is 23.7 Å². The fraction of sp³-hybridized carbons (Fsp3) is 0.613. The zero-order chi connectivity index (χ0) is 30.9. The summed E-state index contributed by atoms with van der Waals surface area (Å²) < 4.78 is 20.7. The number of ether oxygens (including phenoxy) is 1. The first-order valence-corrected chi connectivity index (χ1v) is 15.9. The molecule has 1 aromatic carbocycles. The highest BCUT2D eigenvalue weighted by Gasteiger charge is 2.53. The molecule has 2 aliphatic heterocycles. The molecule has 43 heavy (non-hydrogen) atoms. The molecule has 2 saturated heterocycles. The summed E-state index contributed by atoms with van der Waals surface area (Å²) >= 11 is 1.56. The standard InChI is InChI=1S/C31H42FN5O5S/c1-18-25(43-17-35-18)20-5-6-21(24(11-20)42-10-7-19-13-33-14-19)15-34-27(39)23-12-22(38)16-37(23)28(40)26(30(2,3)4)36-29(41)31(32)8-9-31/h5-6,11,17,19,22-23,26,33,38H,7-10,12-16H2,1-4H3,(H,34,39)(H,36,41)/t22-,23+,26?/m1/s1. The third-order valence-electron chi connectivity index (χ3n) is 8.53. The number of aliphatic hydroxyl groups excluding tert-OH is 1. The van der Waals surface area contributed by atoms with Crippen LogP contribution in [-0.2, 0) is 20.9 Å². The molecule has 3 heterocycles. The zero-order valence-corrected chi connectivity index (χ0v) is 26.1. The normalized spacial score (nSPS) is 22.0. The van der Waals surface area contributed by atoms with E-state index in [9.17, 15) is 23.9 Å². The van der Waals surface area contributed by atoms with Crippen molar-refractivity contribution in [1.29, 1.82) is 0 Å². The van der Waals surface area contributed by atoms with Gasteiger partial charge >= 0.3 is 0 Å². The lowest BCUT2D eigenvalue weighted by Gasteiger charge is -2.35. The van der Waals surface area contributed by atoms with Crippen molar-refractivity contribution in [2.24, 2.45) is 11.3 Å². The summed E-state index contributed by atoms with van der Waals surface area (Å²) in [4.78, 5) is 46.4. The number of alkyl halides is 1. The van der Waals surface area contributed by atoms with Gasteiger partial charge in [0.1, 0.15) is 17.8 Å². The second-order valence-electron chi connectivity index (χ2n) is 13.1. The Labute approximate surface area is 255 Å². The number of likely N-dealkylation sites (tertiary alicyclic amines) is 1. The Morgan fingerprint density at radius 2 is 2.02 bits per heavy atom. The van der Waals surface area contributed by atoms with E-state index in [1.807, 2.05) is 30.6 Å². The minimum absolute atomic E-state index is 0.0482. The number of hydrogen-bond donors (Lipinski definition) is 4. The number of aliphatic hydroxyl groups is 1. The number of nitrogens with one attached hydrogen (secondary N) is 3. The van der Waals surface area contributed by atoms with E-state index in [0.29, 0.717) is 18.3 Å². The van der Waals surface area contributed by atoms with Crippen molar-refractivity contribution in [3.8, 4) is 16.2 Å². The van der Waals surface area contributed by atoms with Crippen LogP contribution in [-0.4, -0.2) is 82.8 Å². The Kier molecular flexibility index (Phi) is 9.10. The number of nitrogens with zero attached hydrogens (tertiary/aromatic N) is 2. The first-order valence-electron chi connectivity index (χ1n) is 15.0. The van der Waals surface area contributed by atoms with Gasteiger partial charge in [-0.3, -0.25) is 14.4 Å². The molecule has 1 unspecified atom stereocenters. The Morgan fingerprint density at radius 1 is 1.28 bits per heavy atom. The van der Waals surface area contributed by atoms with Crippen molar-refractivity contribution in [3.05, 3.63) is 35.0 Å². The molecule has 0 spiro atoms. The molecule has 0 radical (unpaired) electrons. The lowest BCUT2D eigenvalue weighted by atomic mass is 9.85. The summed E-state index contributed by atoms with van der Waals surface area (Å²) in [6.45, 7) is 9.93. The Bertz CT molecular complexity index is 1350. The van der Waals surface area contributed by atoms with Gasteiger partial charge in [0.2, 0.25) is 11.8 Å². The van der Waals surface area contributed by atoms with Gasteiger partial charge in [-0.1, -0.05) is 32.9 Å². The van der Waals surface area contributed by atoms with Crippen molar-refractivity contribution in [1.82, 2.24) is 25.8 Å². The second-order valence-corrected chi connectivity index (χ2v) is 14.0. The van der Waals surface area contributed by atoms with E-state index < -0.39 is 47.0 Å².